The zero-order valence-corrected chi connectivity index (χ0v) is 8.67. The van der Waals surface area contributed by atoms with Gasteiger partial charge in [-0.15, -0.1) is 0 Å². The van der Waals surface area contributed by atoms with Crippen LogP contribution in [0.3, 0.4) is 0 Å². The maximum atomic E-state index is 2.31. The highest BCUT2D eigenvalue weighted by Crippen LogP contribution is 2.10. The molecule has 0 N–H and O–H groups in total. The summed E-state index contributed by atoms with van der Waals surface area (Å²) in [4.78, 5) is 0. The van der Waals surface area contributed by atoms with Gasteiger partial charge in [0.1, 0.15) is 0 Å². The maximum absolute atomic E-state index is 2.31. The van der Waals surface area contributed by atoms with E-state index in [0.717, 1.165) is 6.42 Å². The molecule has 0 amide bonds. The molecule has 0 bridgehead atoms. The quantitative estimate of drug-likeness (QED) is 0.548. The highest BCUT2D eigenvalue weighted by atomic mass is 14.0. The summed E-state index contributed by atoms with van der Waals surface area (Å²) in [5.74, 6) is 0.580. The molecule has 0 aliphatic rings. The van der Waals surface area contributed by atoms with E-state index < -0.39 is 0 Å². The minimum atomic E-state index is 0.580. The van der Waals surface area contributed by atoms with Crippen molar-refractivity contribution in [3.63, 3.8) is 0 Å². The van der Waals surface area contributed by atoms with Crippen LogP contribution in [0.2, 0.25) is 0 Å². The third kappa shape index (κ3) is 5.96. The second kappa shape index (κ2) is 6.90. The maximum Gasteiger partial charge on any atom is -0.00166 e. The third-order valence-corrected chi connectivity index (χ3v) is 1.63. The van der Waals surface area contributed by atoms with Crippen molar-refractivity contribution in [1.29, 1.82) is 0 Å². The molecule has 0 aliphatic carbocycles. The van der Waals surface area contributed by atoms with Crippen molar-refractivity contribution in [2.75, 3.05) is 0 Å². The zero-order valence-electron chi connectivity index (χ0n) is 8.67. The standard InChI is InChI=1S/C12H20/c1-5-7-9-12(8-6-2)10-11(3)4/h5-8,10,12H,9H2,1-4H3. The van der Waals surface area contributed by atoms with Gasteiger partial charge in [-0.05, 0) is 40.0 Å². The molecule has 68 valence electrons. The molecule has 0 radical (unpaired) electrons. The first-order valence-corrected chi connectivity index (χ1v) is 4.59. The van der Waals surface area contributed by atoms with Crippen LogP contribution in [0.25, 0.3) is 0 Å². The van der Waals surface area contributed by atoms with Crippen molar-refractivity contribution in [2.24, 2.45) is 5.92 Å². The van der Waals surface area contributed by atoms with Crippen LogP contribution in [0.15, 0.2) is 36.0 Å². The highest BCUT2D eigenvalue weighted by molar-refractivity contribution is 5.06. The first kappa shape index (κ1) is 11.2. The predicted octanol–water partition coefficient (Wildman–Crippen LogP) is 4.11. The third-order valence-electron chi connectivity index (χ3n) is 1.63. The lowest BCUT2D eigenvalue weighted by Gasteiger charge is -2.04. The molecule has 0 aromatic heterocycles. The molecule has 0 rings (SSSR count). The molecule has 0 spiro atoms. The molecule has 0 heteroatoms. The largest absolute Gasteiger partial charge is 0.0916 e. The van der Waals surface area contributed by atoms with E-state index in [4.69, 9.17) is 0 Å². The van der Waals surface area contributed by atoms with Crippen LogP contribution in [-0.2, 0) is 0 Å². The fourth-order valence-corrected chi connectivity index (χ4v) is 1.17. The first-order chi connectivity index (χ1) is 5.70. The van der Waals surface area contributed by atoms with E-state index in [9.17, 15) is 0 Å². The van der Waals surface area contributed by atoms with Gasteiger partial charge in [-0.2, -0.15) is 0 Å². The summed E-state index contributed by atoms with van der Waals surface area (Å²) in [6.07, 6.45) is 12.1. The summed E-state index contributed by atoms with van der Waals surface area (Å²) in [5, 5.41) is 0. The Kier molecular flexibility index (Phi) is 6.45. The molecule has 0 nitrogen and oxygen atoms in total. The van der Waals surface area contributed by atoms with Crippen LogP contribution in [0.5, 0.6) is 0 Å². The lowest BCUT2D eigenvalue weighted by atomic mass is 10.0. The van der Waals surface area contributed by atoms with Crippen molar-refractivity contribution in [2.45, 2.75) is 34.1 Å². The summed E-state index contributed by atoms with van der Waals surface area (Å²) in [7, 11) is 0. The minimum absolute atomic E-state index is 0.580. The molecule has 0 fully saturated rings. The van der Waals surface area contributed by atoms with Crippen molar-refractivity contribution in [3.05, 3.63) is 36.0 Å². The summed E-state index contributed by atoms with van der Waals surface area (Å²) in [6.45, 7) is 8.43. The Morgan fingerprint density at radius 1 is 1.17 bits per heavy atom. The number of rotatable bonds is 4. The average molecular weight is 164 g/mol. The van der Waals surface area contributed by atoms with E-state index in [1.165, 1.54) is 5.57 Å². The molecular weight excluding hydrogens is 144 g/mol. The Morgan fingerprint density at radius 2 is 1.83 bits per heavy atom. The number of hydrogen-bond acceptors (Lipinski definition) is 0. The molecule has 12 heavy (non-hydrogen) atoms. The molecule has 1 atom stereocenters. The average Bonchev–Trinajstić information content (AvgIpc) is 2.00. The van der Waals surface area contributed by atoms with Gasteiger partial charge in [0.2, 0.25) is 0 Å². The predicted molar refractivity (Wildman–Crippen MR) is 57.2 cm³/mol. The SMILES string of the molecule is CC=CCC(C=CC)C=C(C)C. The summed E-state index contributed by atoms with van der Waals surface area (Å²) in [5.41, 5.74) is 1.39. The monoisotopic (exact) mass is 164 g/mol. The Labute approximate surface area is 76.7 Å². The van der Waals surface area contributed by atoms with Crippen LogP contribution in [-0.4, -0.2) is 0 Å². The van der Waals surface area contributed by atoms with Crippen LogP contribution in [0.1, 0.15) is 34.1 Å². The van der Waals surface area contributed by atoms with Crippen molar-refractivity contribution in [1.82, 2.24) is 0 Å². The second-order valence-electron chi connectivity index (χ2n) is 3.24. The first-order valence-electron chi connectivity index (χ1n) is 4.59. The normalized spacial score (nSPS) is 14.0. The zero-order chi connectivity index (χ0) is 9.40. The van der Waals surface area contributed by atoms with E-state index in [-0.39, 0.29) is 0 Å². The van der Waals surface area contributed by atoms with Gasteiger partial charge < -0.3 is 0 Å². The van der Waals surface area contributed by atoms with Crippen molar-refractivity contribution in [3.8, 4) is 0 Å². The van der Waals surface area contributed by atoms with E-state index in [1.54, 1.807) is 0 Å². The second-order valence-corrected chi connectivity index (χ2v) is 3.24. The number of hydrogen-bond donors (Lipinski definition) is 0. The van der Waals surface area contributed by atoms with Crippen molar-refractivity contribution < 1.29 is 0 Å². The van der Waals surface area contributed by atoms with Gasteiger partial charge in [-0.1, -0.05) is 36.0 Å². The van der Waals surface area contributed by atoms with E-state index in [1.807, 2.05) is 0 Å². The molecular formula is C12H20. The lowest BCUT2D eigenvalue weighted by Crippen LogP contribution is -1.89. The van der Waals surface area contributed by atoms with E-state index >= 15 is 0 Å². The van der Waals surface area contributed by atoms with Gasteiger partial charge in [0, 0.05) is 0 Å². The molecule has 0 saturated heterocycles. The number of allylic oxidation sites excluding steroid dienone is 6. The fourth-order valence-electron chi connectivity index (χ4n) is 1.17. The minimum Gasteiger partial charge on any atom is -0.0916 e. The Morgan fingerprint density at radius 3 is 2.25 bits per heavy atom. The van der Waals surface area contributed by atoms with Crippen LogP contribution < -0.4 is 0 Å². The molecule has 0 aromatic carbocycles. The topological polar surface area (TPSA) is 0 Å². The highest BCUT2D eigenvalue weighted by Gasteiger charge is 1.96. The summed E-state index contributed by atoms with van der Waals surface area (Å²) >= 11 is 0. The van der Waals surface area contributed by atoms with E-state index in [2.05, 4.69) is 58.1 Å². The van der Waals surface area contributed by atoms with Crippen LogP contribution in [0.4, 0.5) is 0 Å². The van der Waals surface area contributed by atoms with Gasteiger partial charge >= 0.3 is 0 Å². The van der Waals surface area contributed by atoms with Gasteiger partial charge in [0.05, 0.1) is 0 Å². The molecule has 0 aromatic rings. The van der Waals surface area contributed by atoms with Gasteiger partial charge in [-0.3, -0.25) is 0 Å². The molecule has 0 heterocycles. The molecule has 0 saturated carbocycles. The van der Waals surface area contributed by atoms with Crippen LogP contribution in [0, 0.1) is 5.92 Å². The fraction of sp³-hybridized carbons (Fsp3) is 0.500. The molecule has 0 aliphatic heterocycles. The molecule has 1 unspecified atom stereocenters. The van der Waals surface area contributed by atoms with Gasteiger partial charge in [-0.25, -0.2) is 0 Å². The Hall–Kier alpha value is -0.780. The lowest BCUT2D eigenvalue weighted by molar-refractivity contribution is 0.820. The Bertz CT molecular complexity index is 178. The van der Waals surface area contributed by atoms with Gasteiger partial charge in [0.25, 0.3) is 0 Å². The van der Waals surface area contributed by atoms with Gasteiger partial charge in [0.15, 0.2) is 0 Å². The van der Waals surface area contributed by atoms with Crippen molar-refractivity contribution >= 4 is 0 Å². The van der Waals surface area contributed by atoms with E-state index in [0.29, 0.717) is 5.92 Å². The Balaban J connectivity index is 4.13. The summed E-state index contributed by atoms with van der Waals surface area (Å²) < 4.78 is 0. The summed E-state index contributed by atoms with van der Waals surface area (Å²) in [6, 6.07) is 0. The smallest absolute Gasteiger partial charge is 0.00166 e. The van der Waals surface area contributed by atoms with Crippen LogP contribution >= 0.6 is 0 Å².